The fourth-order valence-corrected chi connectivity index (χ4v) is 1.06. The van der Waals surface area contributed by atoms with Gasteiger partial charge in [-0.25, -0.2) is 0 Å². The Morgan fingerprint density at radius 2 is 1.92 bits per heavy atom. The molecular weight excluding hydrogens is 399 g/mol. The number of fused-ring (bicyclic) bond motifs is 1. The van der Waals surface area contributed by atoms with E-state index in [4.69, 9.17) is 4.74 Å². The van der Waals surface area contributed by atoms with E-state index in [0.717, 1.165) is 5.75 Å². The maximum Gasteiger partial charge on any atom is 0.126 e. The summed E-state index contributed by atoms with van der Waals surface area (Å²) in [4.78, 5) is 0. The van der Waals surface area contributed by atoms with Gasteiger partial charge >= 0.3 is 0 Å². The van der Waals surface area contributed by atoms with Crippen LogP contribution >= 0.6 is 0 Å². The summed E-state index contributed by atoms with van der Waals surface area (Å²) in [5.74, 6) is 0.991. The Morgan fingerprint density at radius 1 is 1.17 bits per heavy atom. The van der Waals surface area contributed by atoms with E-state index in [0.29, 0.717) is 6.61 Å². The van der Waals surface area contributed by atoms with E-state index in [2.05, 4.69) is 6.08 Å². The fraction of sp³-hybridized carbons (Fsp3) is 0.111. The van der Waals surface area contributed by atoms with Crippen LogP contribution in [0.4, 0.5) is 0 Å². The van der Waals surface area contributed by atoms with Crippen molar-refractivity contribution in [1.29, 1.82) is 0 Å². The Kier molecular flexibility index (Phi) is 6.03. The van der Waals surface area contributed by atoms with Crippen molar-refractivity contribution in [3.8, 4) is 5.75 Å². The summed E-state index contributed by atoms with van der Waals surface area (Å²) in [5, 5.41) is 0. The van der Waals surface area contributed by atoms with Crippen molar-refractivity contribution in [3.05, 3.63) is 35.9 Å². The maximum atomic E-state index is 5.34. The van der Waals surface area contributed by atoms with Crippen LogP contribution in [0.5, 0.6) is 5.75 Å². The first kappa shape index (κ1) is 12.3. The summed E-state index contributed by atoms with van der Waals surface area (Å²) < 4.78 is 5.34. The van der Waals surface area contributed by atoms with E-state index in [1.165, 1.54) is 5.56 Å². The van der Waals surface area contributed by atoms with E-state index in [1.54, 1.807) is 0 Å². The standard InChI is InChI=1S/C9H8O.Hf.Mo/c1-2-6-9-8(4-1)5-3-7-10-9;;/h1-6H,7H2;;. The molecule has 1 aliphatic heterocycles. The van der Waals surface area contributed by atoms with Crippen LogP contribution in [0, 0.1) is 0 Å². The van der Waals surface area contributed by atoms with Gasteiger partial charge in [-0.1, -0.05) is 24.3 Å². The Balaban J connectivity index is 0.000000605. The minimum atomic E-state index is 0. The van der Waals surface area contributed by atoms with Crippen molar-refractivity contribution in [2.24, 2.45) is 0 Å². The molecule has 0 amide bonds. The maximum absolute atomic E-state index is 5.34. The zero-order chi connectivity index (χ0) is 6.81. The van der Waals surface area contributed by atoms with Crippen molar-refractivity contribution >= 4 is 6.08 Å². The van der Waals surface area contributed by atoms with Crippen molar-refractivity contribution in [3.63, 3.8) is 0 Å². The molecule has 0 saturated heterocycles. The predicted molar refractivity (Wildman–Crippen MR) is 41.0 cm³/mol. The van der Waals surface area contributed by atoms with Crippen LogP contribution in [-0.2, 0) is 46.9 Å². The monoisotopic (exact) mass is 410 g/mol. The molecule has 0 bridgehead atoms. The molecular formula is C9H8HfMoO. The molecule has 1 aliphatic rings. The molecule has 1 nitrogen and oxygen atoms in total. The first-order chi connectivity index (χ1) is 4.97. The second-order valence-electron chi connectivity index (χ2n) is 2.25. The van der Waals surface area contributed by atoms with E-state index in [1.807, 2.05) is 30.3 Å². The van der Waals surface area contributed by atoms with Crippen LogP contribution in [0.2, 0.25) is 0 Å². The third-order valence-corrected chi connectivity index (χ3v) is 1.55. The molecule has 0 spiro atoms. The molecule has 1 heterocycles. The second kappa shape index (κ2) is 5.88. The van der Waals surface area contributed by atoms with Crippen LogP contribution < -0.4 is 4.74 Å². The third-order valence-electron chi connectivity index (χ3n) is 1.55. The van der Waals surface area contributed by atoms with Gasteiger partial charge in [0.1, 0.15) is 12.4 Å². The third kappa shape index (κ3) is 2.67. The number of benzene rings is 1. The Morgan fingerprint density at radius 3 is 2.67 bits per heavy atom. The Bertz CT molecular complexity index is 273. The van der Waals surface area contributed by atoms with Gasteiger partial charge in [0.2, 0.25) is 0 Å². The van der Waals surface area contributed by atoms with Gasteiger partial charge in [-0.2, -0.15) is 0 Å². The molecule has 0 N–H and O–H groups in total. The zero-order valence-electron chi connectivity index (χ0n) is 6.49. The van der Waals surface area contributed by atoms with Crippen LogP contribution in [0.1, 0.15) is 5.56 Å². The zero-order valence-corrected chi connectivity index (χ0v) is 12.1. The van der Waals surface area contributed by atoms with Gasteiger partial charge in [0.15, 0.2) is 0 Å². The number of ether oxygens (including phenoxy) is 1. The SMILES string of the molecule is C1=Cc2ccccc2OC1.[Hf].[Mo]. The normalized spacial score (nSPS) is 11.7. The van der Waals surface area contributed by atoms with Gasteiger partial charge in [-0.3, -0.25) is 0 Å². The average Bonchev–Trinajstić information content (AvgIpc) is 2.05. The quantitative estimate of drug-likeness (QED) is 0.600. The van der Waals surface area contributed by atoms with E-state index in [9.17, 15) is 0 Å². The van der Waals surface area contributed by atoms with Crippen LogP contribution in [0.15, 0.2) is 30.3 Å². The summed E-state index contributed by atoms with van der Waals surface area (Å²) in [6.45, 7) is 0.705. The number of hydrogen-bond donors (Lipinski definition) is 0. The van der Waals surface area contributed by atoms with E-state index in [-0.39, 0.29) is 46.9 Å². The molecule has 0 saturated carbocycles. The summed E-state index contributed by atoms with van der Waals surface area (Å²) in [7, 11) is 0. The van der Waals surface area contributed by atoms with E-state index < -0.39 is 0 Å². The first-order valence-electron chi connectivity index (χ1n) is 3.35. The molecule has 2 rings (SSSR count). The molecule has 60 valence electrons. The van der Waals surface area contributed by atoms with Gasteiger partial charge in [0.05, 0.1) is 0 Å². The molecule has 0 fully saturated rings. The second-order valence-corrected chi connectivity index (χ2v) is 2.25. The summed E-state index contributed by atoms with van der Waals surface area (Å²) in [5.41, 5.74) is 1.17. The van der Waals surface area contributed by atoms with Gasteiger partial charge in [0, 0.05) is 52.5 Å². The molecule has 0 atom stereocenters. The topological polar surface area (TPSA) is 9.23 Å². The molecule has 0 unspecified atom stereocenters. The fourth-order valence-electron chi connectivity index (χ4n) is 1.06. The molecule has 1 aromatic carbocycles. The van der Waals surface area contributed by atoms with Gasteiger partial charge in [0.25, 0.3) is 0 Å². The number of para-hydroxylation sites is 1. The van der Waals surface area contributed by atoms with Crippen molar-refractivity contribution < 1.29 is 51.6 Å². The van der Waals surface area contributed by atoms with Crippen molar-refractivity contribution in [2.75, 3.05) is 6.61 Å². The molecule has 12 heavy (non-hydrogen) atoms. The smallest absolute Gasteiger partial charge is 0.126 e. The van der Waals surface area contributed by atoms with Crippen LogP contribution in [0.25, 0.3) is 6.08 Å². The molecule has 0 aromatic heterocycles. The number of hydrogen-bond acceptors (Lipinski definition) is 1. The first-order valence-corrected chi connectivity index (χ1v) is 3.35. The molecule has 3 heteroatoms. The molecule has 0 radical (unpaired) electrons. The van der Waals surface area contributed by atoms with Crippen LogP contribution in [-0.4, -0.2) is 6.61 Å². The largest absolute Gasteiger partial charge is 0.489 e. The Labute approximate surface area is 105 Å². The van der Waals surface area contributed by atoms with Gasteiger partial charge in [-0.15, -0.1) is 0 Å². The summed E-state index contributed by atoms with van der Waals surface area (Å²) >= 11 is 0. The van der Waals surface area contributed by atoms with Crippen LogP contribution in [0.3, 0.4) is 0 Å². The minimum absolute atomic E-state index is 0. The van der Waals surface area contributed by atoms with Crippen molar-refractivity contribution in [1.82, 2.24) is 0 Å². The molecule has 0 aliphatic carbocycles. The predicted octanol–water partition coefficient (Wildman–Crippen LogP) is 2.09. The minimum Gasteiger partial charge on any atom is -0.489 e. The van der Waals surface area contributed by atoms with E-state index >= 15 is 0 Å². The summed E-state index contributed by atoms with van der Waals surface area (Å²) in [6, 6.07) is 8.03. The van der Waals surface area contributed by atoms with Crippen molar-refractivity contribution in [2.45, 2.75) is 0 Å². The number of rotatable bonds is 0. The van der Waals surface area contributed by atoms with Gasteiger partial charge < -0.3 is 4.74 Å². The molecule has 1 aromatic rings. The Hall–Kier alpha value is 0.318. The summed E-state index contributed by atoms with van der Waals surface area (Å²) in [6.07, 6.45) is 4.10. The van der Waals surface area contributed by atoms with Gasteiger partial charge in [-0.05, 0) is 12.1 Å². The average molecular weight is 407 g/mol.